The Morgan fingerprint density at radius 3 is 2.70 bits per heavy atom. The molecule has 6 heteroatoms. The molecule has 1 aliphatic rings. The summed E-state index contributed by atoms with van der Waals surface area (Å²) in [6.45, 7) is 2.79. The van der Waals surface area contributed by atoms with Crippen LogP contribution >= 0.6 is 0 Å². The molecule has 1 aromatic rings. The Hall–Kier alpha value is -2.37. The van der Waals surface area contributed by atoms with Gasteiger partial charge in [-0.15, -0.1) is 0 Å². The highest BCUT2D eigenvalue weighted by Gasteiger charge is 2.25. The lowest BCUT2D eigenvalue weighted by Gasteiger charge is -2.06. The number of carbonyl (C=O) groups is 2. The SMILES string of the molecule is CCCCOc1ccc(/C=N\N2CC(=O)NC2=O)cc1. The first-order chi connectivity index (χ1) is 9.69. The Morgan fingerprint density at radius 2 is 2.10 bits per heavy atom. The van der Waals surface area contributed by atoms with Gasteiger partial charge >= 0.3 is 6.03 Å². The van der Waals surface area contributed by atoms with Crippen LogP contribution in [0.4, 0.5) is 4.79 Å². The first-order valence-electron chi connectivity index (χ1n) is 6.57. The largest absolute Gasteiger partial charge is 0.494 e. The number of nitrogens with zero attached hydrogens (tertiary/aromatic N) is 2. The van der Waals surface area contributed by atoms with Crippen molar-refractivity contribution in [2.75, 3.05) is 13.2 Å². The van der Waals surface area contributed by atoms with E-state index in [1.165, 1.54) is 6.21 Å². The maximum atomic E-state index is 11.3. The Balaban J connectivity index is 1.90. The summed E-state index contributed by atoms with van der Waals surface area (Å²) in [7, 11) is 0. The van der Waals surface area contributed by atoms with Crippen LogP contribution in [0.1, 0.15) is 25.3 Å². The first-order valence-corrected chi connectivity index (χ1v) is 6.57. The smallest absolute Gasteiger partial charge is 0.344 e. The third kappa shape index (κ3) is 3.81. The second-order valence-corrected chi connectivity index (χ2v) is 4.43. The summed E-state index contributed by atoms with van der Waals surface area (Å²) in [5.74, 6) is 0.469. The van der Waals surface area contributed by atoms with Crippen molar-refractivity contribution in [3.8, 4) is 5.75 Å². The number of unbranched alkanes of at least 4 members (excludes halogenated alkanes) is 1. The van der Waals surface area contributed by atoms with Gasteiger partial charge in [0.2, 0.25) is 5.91 Å². The normalized spacial score (nSPS) is 14.9. The lowest BCUT2D eigenvalue weighted by atomic mass is 10.2. The maximum Gasteiger partial charge on any atom is 0.344 e. The third-order valence-corrected chi connectivity index (χ3v) is 2.77. The minimum Gasteiger partial charge on any atom is -0.494 e. The third-order valence-electron chi connectivity index (χ3n) is 2.77. The summed E-state index contributed by atoms with van der Waals surface area (Å²) in [5.41, 5.74) is 0.833. The highest BCUT2D eigenvalue weighted by molar-refractivity contribution is 6.02. The van der Waals surface area contributed by atoms with Crippen LogP contribution in [0.3, 0.4) is 0 Å². The van der Waals surface area contributed by atoms with Crippen LogP contribution in [0.25, 0.3) is 0 Å². The van der Waals surface area contributed by atoms with E-state index in [2.05, 4.69) is 17.3 Å². The average Bonchev–Trinajstić information content (AvgIpc) is 2.76. The van der Waals surface area contributed by atoms with E-state index in [4.69, 9.17) is 4.74 Å². The van der Waals surface area contributed by atoms with Gasteiger partial charge in [-0.3, -0.25) is 10.1 Å². The predicted octanol–water partition coefficient (Wildman–Crippen LogP) is 1.75. The van der Waals surface area contributed by atoms with Gasteiger partial charge in [0.25, 0.3) is 0 Å². The number of hydrogen-bond acceptors (Lipinski definition) is 4. The molecule has 6 nitrogen and oxygen atoms in total. The number of nitrogens with one attached hydrogen (secondary N) is 1. The van der Waals surface area contributed by atoms with Crippen molar-refractivity contribution >= 4 is 18.2 Å². The van der Waals surface area contributed by atoms with E-state index in [9.17, 15) is 9.59 Å². The van der Waals surface area contributed by atoms with Crippen molar-refractivity contribution < 1.29 is 14.3 Å². The monoisotopic (exact) mass is 275 g/mol. The molecule has 1 saturated heterocycles. The van der Waals surface area contributed by atoms with Gasteiger partial charge in [-0.2, -0.15) is 5.10 Å². The molecule has 20 heavy (non-hydrogen) atoms. The summed E-state index contributed by atoms with van der Waals surface area (Å²) < 4.78 is 5.55. The maximum absolute atomic E-state index is 11.3. The molecule has 1 fully saturated rings. The van der Waals surface area contributed by atoms with E-state index in [-0.39, 0.29) is 12.5 Å². The van der Waals surface area contributed by atoms with Crippen LogP contribution in [0.2, 0.25) is 0 Å². The molecule has 106 valence electrons. The van der Waals surface area contributed by atoms with E-state index in [1.807, 2.05) is 24.3 Å². The van der Waals surface area contributed by atoms with Gasteiger partial charge in [-0.05, 0) is 36.2 Å². The molecule has 1 aliphatic heterocycles. The number of urea groups is 1. The molecule has 0 atom stereocenters. The number of ether oxygens (including phenoxy) is 1. The fourth-order valence-electron chi connectivity index (χ4n) is 1.65. The van der Waals surface area contributed by atoms with E-state index < -0.39 is 6.03 Å². The van der Waals surface area contributed by atoms with Crippen LogP contribution in [-0.2, 0) is 4.79 Å². The Morgan fingerprint density at radius 1 is 1.35 bits per heavy atom. The Bertz CT molecular complexity index is 511. The van der Waals surface area contributed by atoms with Gasteiger partial charge in [0.15, 0.2) is 0 Å². The number of rotatable bonds is 6. The quantitative estimate of drug-likeness (QED) is 0.488. The molecule has 0 aliphatic carbocycles. The number of amides is 3. The highest BCUT2D eigenvalue weighted by atomic mass is 16.5. The van der Waals surface area contributed by atoms with Gasteiger partial charge in [0.05, 0.1) is 12.8 Å². The fourth-order valence-corrected chi connectivity index (χ4v) is 1.65. The van der Waals surface area contributed by atoms with Gasteiger partial charge in [-0.25, -0.2) is 9.80 Å². The first kappa shape index (κ1) is 14.0. The summed E-state index contributed by atoms with van der Waals surface area (Å²) in [5, 5.41) is 7.21. The van der Waals surface area contributed by atoms with Crippen molar-refractivity contribution in [3.63, 3.8) is 0 Å². The minimum atomic E-state index is -0.495. The summed E-state index contributed by atoms with van der Waals surface area (Å²) in [6, 6.07) is 6.91. The molecule has 1 aromatic carbocycles. The Kier molecular flexibility index (Phi) is 4.70. The molecular formula is C14H17N3O3. The van der Waals surface area contributed by atoms with Crippen LogP contribution in [0.15, 0.2) is 29.4 Å². The van der Waals surface area contributed by atoms with Crippen LogP contribution < -0.4 is 10.1 Å². The minimum absolute atomic E-state index is 0.0342. The number of carbonyl (C=O) groups excluding carboxylic acids is 2. The molecule has 1 heterocycles. The van der Waals surface area contributed by atoms with Crippen LogP contribution in [-0.4, -0.2) is 36.3 Å². The zero-order valence-corrected chi connectivity index (χ0v) is 11.3. The van der Waals surface area contributed by atoms with E-state index >= 15 is 0 Å². The van der Waals surface area contributed by atoms with Gasteiger partial charge in [0, 0.05) is 0 Å². The molecule has 3 amide bonds. The lowest BCUT2D eigenvalue weighted by molar-refractivity contribution is -0.118. The molecule has 1 N–H and O–H groups in total. The molecule has 0 spiro atoms. The van der Waals surface area contributed by atoms with Crippen molar-refractivity contribution in [3.05, 3.63) is 29.8 Å². The van der Waals surface area contributed by atoms with Gasteiger partial charge in [0.1, 0.15) is 12.3 Å². The lowest BCUT2D eigenvalue weighted by Crippen LogP contribution is -2.24. The topological polar surface area (TPSA) is 71.0 Å². The Labute approximate surface area is 117 Å². The second-order valence-electron chi connectivity index (χ2n) is 4.43. The van der Waals surface area contributed by atoms with Gasteiger partial charge in [-0.1, -0.05) is 13.3 Å². The fraction of sp³-hybridized carbons (Fsp3) is 0.357. The molecule has 0 aromatic heterocycles. The van der Waals surface area contributed by atoms with Crippen molar-refractivity contribution in [1.82, 2.24) is 10.3 Å². The molecule has 0 saturated carbocycles. The average molecular weight is 275 g/mol. The predicted molar refractivity (Wildman–Crippen MR) is 74.7 cm³/mol. The van der Waals surface area contributed by atoms with Crippen molar-refractivity contribution in [1.29, 1.82) is 0 Å². The van der Waals surface area contributed by atoms with Crippen LogP contribution in [0.5, 0.6) is 5.75 Å². The molecule has 2 rings (SSSR count). The zero-order chi connectivity index (χ0) is 14.4. The number of imide groups is 1. The summed E-state index contributed by atoms with van der Waals surface area (Å²) >= 11 is 0. The van der Waals surface area contributed by atoms with Crippen molar-refractivity contribution in [2.24, 2.45) is 5.10 Å². The van der Waals surface area contributed by atoms with Crippen molar-refractivity contribution in [2.45, 2.75) is 19.8 Å². The van der Waals surface area contributed by atoms with E-state index in [0.717, 1.165) is 29.2 Å². The summed E-state index contributed by atoms with van der Waals surface area (Å²) in [4.78, 5) is 22.2. The second kappa shape index (κ2) is 6.70. The number of hydrazone groups is 1. The zero-order valence-electron chi connectivity index (χ0n) is 11.3. The summed E-state index contributed by atoms with van der Waals surface area (Å²) in [6.07, 6.45) is 3.66. The number of benzene rings is 1. The standard InChI is InChI=1S/C14H17N3O3/c1-2-3-8-20-12-6-4-11(5-7-12)9-15-17-10-13(18)16-14(17)19/h4-7,9H,2-3,8,10H2,1H3,(H,16,18,19)/b15-9-. The highest BCUT2D eigenvalue weighted by Crippen LogP contribution is 2.12. The molecule has 0 unspecified atom stereocenters. The van der Waals surface area contributed by atoms with E-state index in [0.29, 0.717) is 6.61 Å². The molecule has 0 radical (unpaired) electrons. The van der Waals surface area contributed by atoms with Crippen LogP contribution in [0, 0.1) is 0 Å². The molecular weight excluding hydrogens is 258 g/mol. The molecule has 0 bridgehead atoms. The number of hydrogen-bond donors (Lipinski definition) is 1. The van der Waals surface area contributed by atoms with E-state index in [1.54, 1.807) is 0 Å². The van der Waals surface area contributed by atoms with Gasteiger partial charge < -0.3 is 4.74 Å².